The summed E-state index contributed by atoms with van der Waals surface area (Å²) in [5.41, 5.74) is 3.31. The molecule has 2 heterocycles. The lowest BCUT2D eigenvalue weighted by Crippen LogP contribution is -2.27. The molecule has 0 unspecified atom stereocenters. The first-order valence-corrected chi connectivity index (χ1v) is 11.8. The van der Waals surface area contributed by atoms with E-state index in [0.717, 1.165) is 5.56 Å². The molecule has 0 atom stereocenters. The van der Waals surface area contributed by atoms with Gasteiger partial charge in [-0.25, -0.2) is 4.98 Å². The smallest absolute Gasteiger partial charge is 0.257 e. The van der Waals surface area contributed by atoms with Gasteiger partial charge >= 0.3 is 0 Å². The first-order valence-electron chi connectivity index (χ1n) is 11.4. The number of anilines is 1. The fourth-order valence-electron chi connectivity index (χ4n) is 3.97. The summed E-state index contributed by atoms with van der Waals surface area (Å²) in [7, 11) is 4.68. The van der Waals surface area contributed by atoms with Crippen LogP contribution in [0.4, 0.5) is 5.69 Å². The SMILES string of the molecule is C=CC(=O)Nc1ccc(CCn2c(=NC)ncc3cc(-c4cc(OC)cc(OC)c4Cl)c(=O)[nH]c32)cc1. The quantitative estimate of drug-likeness (QED) is 0.342. The summed E-state index contributed by atoms with van der Waals surface area (Å²) < 4.78 is 12.6. The molecule has 0 fully saturated rings. The van der Waals surface area contributed by atoms with Gasteiger partial charge in [-0.3, -0.25) is 19.1 Å². The minimum Gasteiger partial charge on any atom is -0.497 e. The number of nitrogens with one attached hydrogen (secondary N) is 2. The van der Waals surface area contributed by atoms with Gasteiger partial charge in [-0.05, 0) is 42.3 Å². The Morgan fingerprint density at radius 2 is 1.95 bits per heavy atom. The predicted octanol–water partition coefficient (Wildman–Crippen LogP) is 3.96. The molecular weight excluding hydrogens is 494 g/mol. The van der Waals surface area contributed by atoms with E-state index in [1.807, 2.05) is 28.8 Å². The fraction of sp³-hybridized carbons (Fsp3) is 0.185. The molecule has 2 aromatic carbocycles. The number of methoxy groups -OCH3 is 2. The number of H-pyrrole nitrogens is 1. The van der Waals surface area contributed by atoms with Crippen molar-refractivity contribution in [3.8, 4) is 22.6 Å². The van der Waals surface area contributed by atoms with Crippen molar-refractivity contribution in [1.29, 1.82) is 0 Å². The van der Waals surface area contributed by atoms with Crippen molar-refractivity contribution in [1.82, 2.24) is 14.5 Å². The van der Waals surface area contributed by atoms with Gasteiger partial charge < -0.3 is 19.8 Å². The number of carbonyl (C=O) groups is 1. The second-order valence-corrected chi connectivity index (χ2v) is 8.46. The zero-order valence-corrected chi connectivity index (χ0v) is 21.4. The normalized spacial score (nSPS) is 11.4. The van der Waals surface area contributed by atoms with E-state index >= 15 is 0 Å². The molecule has 0 spiro atoms. The fourth-order valence-corrected chi connectivity index (χ4v) is 4.26. The zero-order valence-electron chi connectivity index (χ0n) is 20.7. The van der Waals surface area contributed by atoms with Crippen molar-refractivity contribution in [2.45, 2.75) is 13.0 Å². The molecule has 0 aliphatic rings. The van der Waals surface area contributed by atoms with Crippen LogP contribution in [0.25, 0.3) is 22.2 Å². The number of ether oxygens (including phenoxy) is 2. The van der Waals surface area contributed by atoms with Gasteiger partial charge in [0, 0.05) is 48.1 Å². The molecule has 0 bridgehead atoms. The molecule has 2 aromatic heterocycles. The Bertz CT molecular complexity index is 1610. The maximum Gasteiger partial charge on any atom is 0.257 e. The van der Waals surface area contributed by atoms with Gasteiger partial charge in [0.1, 0.15) is 17.1 Å². The van der Waals surface area contributed by atoms with E-state index in [0.29, 0.717) is 63.0 Å². The number of benzene rings is 2. The molecule has 0 aliphatic heterocycles. The van der Waals surface area contributed by atoms with Crippen LogP contribution in [-0.4, -0.2) is 41.7 Å². The second-order valence-electron chi connectivity index (χ2n) is 8.08. The van der Waals surface area contributed by atoms with Crippen molar-refractivity contribution in [3.05, 3.63) is 87.9 Å². The Hall–Kier alpha value is -4.37. The number of rotatable bonds is 8. The molecule has 0 aliphatic carbocycles. The standard InChI is InChI=1S/C27H26ClN5O4/c1-5-23(34)31-18-8-6-16(7-9-18)10-11-33-25-17(15-30-27(33)29-2)12-21(26(35)32-25)20-13-19(36-3)14-22(37-4)24(20)28/h5-9,12-15H,1,10-11H2,2-4H3,(H,31,34)(H,32,35). The Morgan fingerprint density at radius 3 is 2.59 bits per heavy atom. The average molecular weight is 520 g/mol. The number of hydrogen-bond acceptors (Lipinski definition) is 6. The van der Waals surface area contributed by atoms with E-state index in [9.17, 15) is 9.59 Å². The lowest BCUT2D eigenvalue weighted by Gasteiger charge is -2.14. The van der Waals surface area contributed by atoms with Gasteiger partial charge in [0.05, 0.1) is 19.2 Å². The Morgan fingerprint density at radius 1 is 1.19 bits per heavy atom. The van der Waals surface area contributed by atoms with Crippen molar-refractivity contribution in [3.63, 3.8) is 0 Å². The Balaban J connectivity index is 1.72. The lowest BCUT2D eigenvalue weighted by molar-refractivity contribution is -0.111. The third-order valence-electron chi connectivity index (χ3n) is 5.87. The van der Waals surface area contributed by atoms with Crippen LogP contribution in [0.1, 0.15) is 5.56 Å². The molecule has 2 N–H and O–H groups in total. The van der Waals surface area contributed by atoms with E-state index in [4.69, 9.17) is 21.1 Å². The van der Waals surface area contributed by atoms with Crippen LogP contribution in [0.15, 0.2) is 71.1 Å². The highest BCUT2D eigenvalue weighted by atomic mass is 35.5. The summed E-state index contributed by atoms with van der Waals surface area (Å²) in [5, 5.41) is 3.74. The number of halogens is 1. The Kier molecular flexibility index (Phi) is 7.74. The maximum absolute atomic E-state index is 13.3. The third-order valence-corrected chi connectivity index (χ3v) is 6.26. The molecule has 0 radical (unpaired) electrons. The number of pyridine rings is 1. The van der Waals surface area contributed by atoms with Crippen molar-refractivity contribution in [2.75, 3.05) is 26.6 Å². The van der Waals surface area contributed by atoms with Crippen LogP contribution in [0.2, 0.25) is 5.02 Å². The highest BCUT2D eigenvalue weighted by Gasteiger charge is 2.17. The summed E-state index contributed by atoms with van der Waals surface area (Å²) in [6.07, 6.45) is 3.53. The van der Waals surface area contributed by atoms with Crippen LogP contribution in [0.3, 0.4) is 0 Å². The van der Waals surface area contributed by atoms with Crippen LogP contribution in [-0.2, 0) is 17.8 Å². The largest absolute Gasteiger partial charge is 0.497 e. The van der Waals surface area contributed by atoms with Crippen LogP contribution < -0.4 is 26.0 Å². The molecular formula is C27H26ClN5O4. The van der Waals surface area contributed by atoms with Crippen molar-refractivity contribution >= 4 is 34.2 Å². The monoisotopic (exact) mass is 519 g/mol. The van der Waals surface area contributed by atoms with Gasteiger partial charge in [0.15, 0.2) is 0 Å². The van der Waals surface area contributed by atoms with Gasteiger partial charge in [0.25, 0.3) is 5.56 Å². The molecule has 10 heteroatoms. The topological polar surface area (TPSA) is 111 Å². The van der Waals surface area contributed by atoms with Crippen molar-refractivity contribution in [2.24, 2.45) is 4.99 Å². The van der Waals surface area contributed by atoms with Crippen LogP contribution in [0, 0.1) is 0 Å². The summed E-state index contributed by atoms with van der Waals surface area (Å²) >= 11 is 6.54. The number of hydrogen-bond donors (Lipinski definition) is 2. The summed E-state index contributed by atoms with van der Waals surface area (Å²) in [6.45, 7) is 3.97. The predicted molar refractivity (Wildman–Crippen MR) is 144 cm³/mol. The molecule has 190 valence electrons. The minimum atomic E-state index is -0.325. The minimum absolute atomic E-state index is 0.267. The van der Waals surface area contributed by atoms with Gasteiger partial charge in [-0.15, -0.1) is 0 Å². The zero-order chi connectivity index (χ0) is 26.5. The van der Waals surface area contributed by atoms with E-state index in [1.165, 1.54) is 20.3 Å². The van der Waals surface area contributed by atoms with Crippen LogP contribution >= 0.6 is 11.6 Å². The van der Waals surface area contributed by atoms with Crippen molar-refractivity contribution < 1.29 is 14.3 Å². The second kappa shape index (κ2) is 11.1. The molecule has 0 saturated heterocycles. The average Bonchev–Trinajstić information content (AvgIpc) is 2.92. The number of aromatic amines is 1. The number of aromatic nitrogens is 3. The molecule has 9 nitrogen and oxygen atoms in total. The third kappa shape index (κ3) is 5.41. The summed E-state index contributed by atoms with van der Waals surface area (Å²) in [5.74, 6) is 0.648. The van der Waals surface area contributed by atoms with E-state index < -0.39 is 0 Å². The summed E-state index contributed by atoms with van der Waals surface area (Å²) in [4.78, 5) is 36.5. The first kappa shape index (κ1) is 25.7. The van der Waals surface area contributed by atoms with Gasteiger partial charge in [-0.1, -0.05) is 30.3 Å². The Labute approximate surface area is 218 Å². The molecule has 1 amide bonds. The maximum atomic E-state index is 13.3. The van der Waals surface area contributed by atoms with E-state index in [-0.39, 0.29) is 11.5 Å². The molecule has 4 rings (SSSR count). The summed E-state index contributed by atoms with van der Waals surface area (Å²) in [6, 6.07) is 12.6. The lowest BCUT2D eigenvalue weighted by atomic mass is 10.1. The van der Waals surface area contributed by atoms with E-state index in [1.54, 1.807) is 31.4 Å². The highest BCUT2D eigenvalue weighted by Crippen LogP contribution is 2.38. The number of amides is 1. The van der Waals surface area contributed by atoms with E-state index in [2.05, 4.69) is 26.9 Å². The number of fused-ring (bicyclic) bond motifs is 1. The molecule has 4 aromatic rings. The number of aryl methyl sites for hydroxylation is 2. The highest BCUT2D eigenvalue weighted by molar-refractivity contribution is 6.35. The molecule has 37 heavy (non-hydrogen) atoms. The van der Waals surface area contributed by atoms with Gasteiger partial charge in [-0.2, -0.15) is 0 Å². The number of nitrogens with zero attached hydrogens (tertiary/aromatic N) is 3. The van der Waals surface area contributed by atoms with Crippen LogP contribution in [0.5, 0.6) is 11.5 Å². The number of carbonyl (C=O) groups excluding carboxylic acids is 1. The van der Waals surface area contributed by atoms with Gasteiger partial charge in [0.2, 0.25) is 11.5 Å². The first-order chi connectivity index (χ1) is 17.9. The molecule has 0 saturated carbocycles.